The first kappa shape index (κ1) is 24.6. The van der Waals surface area contributed by atoms with E-state index in [9.17, 15) is 4.79 Å². The van der Waals surface area contributed by atoms with Gasteiger partial charge in [-0.05, 0) is 12.8 Å². The van der Waals surface area contributed by atoms with Gasteiger partial charge in [-0.25, -0.2) is 4.79 Å². The fourth-order valence-corrected chi connectivity index (χ4v) is 3.10. The summed E-state index contributed by atoms with van der Waals surface area (Å²) < 4.78 is 4.92. The van der Waals surface area contributed by atoms with E-state index in [4.69, 9.17) is 4.74 Å². The molecular weight excluding hydrogens is 328 g/mol. The fraction of sp³-hybridized carbons (Fsp3) is 0.864. The van der Waals surface area contributed by atoms with E-state index < -0.39 is 0 Å². The van der Waals surface area contributed by atoms with Gasteiger partial charge in [0.05, 0.1) is 0 Å². The van der Waals surface area contributed by atoms with Crippen molar-refractivity contribution in [3.05, 3.63) is 12.2 Å². The third-order valence-corrected chi connectivity index (χ3v) is 4.75. The van der Waals surface area contributed by atoms with E-state index in [2.05, 4.69) is 19.6 Å². The lowest BCUT2D eigenvalue weighted by molar-refractivity contribution is -0.137. The first-order valence-electron chi connectivity index (χ1n) is 10.8. The summed E-state index contributed by atoms with van der Waals surface area (Å²) in [7, 11) is 0. The minimum absolute atomic E-state index is 0.241. The van der Waals surface area contributed by atoms with Crippen LogP contribution in [-0.4, -0.2) is 18.3 Å². The van der Waals surface area contributed by atoms with Gasteiger partial charge in [-0.15, -0.1) is 0 Å². The second-order valence-electron chi connectivity index (χ2n) is 7.03. The van der Waals surface area contributed by atoms with Crippen LogP contribution < -0.4 is 0 Å². The van der Waals surface area contributed by atoms with Crippen LogP contribution >= 0.6 is 12.6 Å². The standard InChI is InChI=1S/C22H42O2S/c1-2-3-4-5-6-7-8-9-10-11-12-13-14-15-16-17-18-19-22(23)24-20-21-25/h18-19,25H,2-17,20-21H2,1H3/b19-18+. The molecule has 0 amide bonds. The topological polar surface area (TPSA) is 26.3 Å². The Morgan fingerprint density at radius 2 is 1.20 bits per heavy atom. The molecule has 0 unspecified atom stereocenters. The van der Waals surface area contributed by atoms with Crippen LogP contribution in [0.5, 0.6) is 0 Å². The van der Waals surface area contributed by atoms with Crippen molar-refractivity contribution in [2.24, 2.45) is 0 Å². The molecule has 0 saturated heterocycles. The number of hydrogen-bond acceptors (Lipinski definition) is 3. The Kier molecular flexibility index (Phi) is 21.2. The van der Waals surface area contributed by atoms with Gasteiger partial charge in [0.25, 0.3) is 0 Å². The van der Waals surface area contributed by atoms with E-state index in [1.165, 1.54) is 96.3 Å². The van der Waals surface area contributed by atoms with Crippen LogP contribution in [0.2, 0.25) is 0 Å². The van der Waals surface area contributed by atoms with E-state index in [1.807, 2.05) is 6.08 Å². The molecule has 0 aliphatic rings. The Bertz CT molecular complexity index is 302. The smallest absolute Gasteiger partial charge is 0.330 e. The van der Waals surface area contributed by atoms with Gasteiger partial charge < -0.3 is 4.74 Å². The lowest BCUT2D eigenvalue weighted by Gasteiger charge is -2.03. The molecule has 2 nitrogen and oxygen atoms in total. The number of rotatable bonds is 19. The lowest BCUT2D eigenvalue weighted by Crippen LogP contribution is -2.02. The second kappa shape index (κ2) is 21.6. The Morgan fingerprint density at radius 1 is 0.760 bits per heavy atom. The maximum atomic E-state index is 11.2. The lowest BCUT2D eigenvalue weighted by atomic mass is 10.0. The first-order chi connectivity index (χ1) is 12.3. The van der Waals surface area contributed by atoms with Crippen LogP contribution in [0, 0.1) is 0 Å². The minimum atomic E-state index is -0.241. The molecule has 0 fully saturated rings. The highest BCUT2D eigenvalue weighted by Crippen LogP contribution is 2.13. The van der Waals surface area contributed by atoms with Crippen LogP contribution in [0.1, 0.15) is 110 Å². The van der Waals surface area contributed by atoms with Crippen molar-refractivity contribution in [1.82, 2.24) is 0 Å². The maximum absolute atomic E-state index is 11.2. The number of unbranched alkanes of at least 4 members (excludes halogenated alkanes) is 15. The number of hydrogen-bond donors (Lipinski definition) is 1. The van der Waals surface area contributed by atoms with E-state index in [-0.39, 0.29) is 5.97 Å². The summed E-state index contributed by atoms with van der Waals surface area (Å²) in [5.74, 6) is 0.341. The first-order valence-corrected chi connectivity index (χ1v) is 11.4. The van der Waals surface area contributed by atoms with Crippen LogP contribution in [-0.2, 0) is 9.53 Å². The number of carbonyl (C=O) groups excluding carboxylic acids is 1. The average Bonchev–Trinajstić information content (AvgIpc) is 2.62. The molecule has 0 radical (unpaired) electrons. The number of allylic oxidation sites excluding steroid dienone is 1. The molecule has 0 heterocycles. The average molecular weight is 371 g/mol. The maximum Gasteiger partial charge on any atom is 0.330 e. The molecule has 3 heteroatoms. The molecule has 0 aliphatic carbocycles. The largest absolute Gasteiger partial charge is 0.462 e. The molecular formula is C22H42O2S. The van der Waals surface area contributed by atoms with Gasteiger partial charge in [-0.2, -0.15) is 12.6 Å². The summed E-state index contributed by atoms with van der Waals surface area (Å²) in [5.41, 5.74) is 0. The highest BCUT2D eigenvalue weighted by Gasteiger charge is 1.95. The summed E-state index contributed by atoms with van der Waals surface area (Å²) in [4.78, 5) is 11.2. The van der Waals surface area contributed by atoms with Crippen molar-refractivity contribution in [3.8, 4) is 0 Å². The summed E-state index contributed by atoms with van der Waals surface area (Å²) in [6, 6.07) is 0. The monoisotopic (exact) mass is 370 g/mol. The Balaban J connectivity index is 3.11. The predicted molar refractivity (Wildman–Crippen MR) is 113 cm³/mol. The van der Waals surface area contributed by atoms with E-state index in [0.29, 0.717) is 12.4 Å². The zero-order chi connectivity index (χ0) is 18.4. The predicted octanol–water partition coefficient (Wildman–Crippen LogP) is 7.28. The number of ether oxygens (including phenoxy) is 1. The Labute approximate surface area is 162 Å². The summed E-state index contributed by atoms with van der Waals surface area (Å²) in [6.07, 6.45) is 25.2. The molecule has 148 valence electrons. The Morgan fingerprint density at radius 3 is 1.64 bits per heavy atom. The number of esters is 1. The Hall–Kier alpha value is -0.440. The van der Waals surface area contributed by atoms with Gasteiger partial charge in [0.1, 0.15) is 6.61 Å². The summed E-state index contributed by atoms with van der Waals surface area (Å²) in [6.45, 7) is 2.67. The van der Waals surface area contributed by atoms with Crippen LogP contribution in [0.4, 0.5) is 0 Å². The van der Waals surface area contributed by atoms with Gasteiger partial charge in [0.15, 0.2) is 0 Å². The highest BCUT2D eigenvalue weighted by molar-refractivity contribution is 7.80. The molecule has 0 rings (SSSR count). The van der Waals surface area contributed by atoms with Gasteiger partial charge in [-0.1, -0.05) is 103 Å². The zero-order valence-corrected chi connectivity index (χ0v) is 17.5. The van der Waals surface area contributed by atoms with Crippen molar-refractivity contribution < 1.29 is 9.53 Å². The fourth-order valence-electron chi connectivity index (χ4n) is 3.01. The molecule has 0 aromatic heterocycles. The van der Waals surface area contributed by atoms with Crippen molar-refractivity contribution >= 4 is 18.6 Å². The summed E-state index contributed by atoms with van der Waals surface area (Å²) >= 11 is 4.00. The third kappa shape index (κ3) is 21.5. The van der Waals surface area contributed by atoms with Crippen molar-refractivity contribution in [1.29, 1.82) is 0 Å². The summed E-state index contributed by atoms with van der Waals surface area (Å²) in [5, 5.41) is 0. The number of thiol groups is 1. The van der Waals surface area contributed by atoms with Crippen LogP contribution in [0.3, 0.4) is 0 Å². The highest BCUT2D eigenvalue weighted by atomic mass is 32.1. The zero-order valence-electron chi connectivity index (χ0n) is 16.6. The molecule has 0 saturated carbocycles. The normalized spacial score (nSPS) is 11.3. The van der Waals surface area contributed by atoms with Crippen LogP contribution in [0.25, 0.3) is 0 Å². The minimum Gasteiger partial charge on any atom is -0.462 e. The van der Waals surface area contributed by atoms with Crippen LogP contribution in [0.15, 0.2) is 12.2 Å². The molecule has 25 heavy (non-hydrogen) atoms. The van der Waals surface area contributed by atoms with Crippen molar-refractivity contribution in [2.45, 2.75) is 110 Å². The molecule has 0 aromatic carbocycles. The molecule has 0 aromatic rings. The molecule has 0 spiro atoms. The van der Waals surface area contributed by atoms with E-state index in [1.54, 1.807) is 6.08 Å². The molecule has 0 atom stereocenters. The molecule has 0 N–H and O–H groups in total. The SMILES string of the molecule is CCCCCCCCCCCCCCCCC/C=C/C(=O)OCCS. The number of carbonyl (C=O) groups is 1. The van der Waals surface area contributed by atoms with Crippen molar-refractivity contribution in [2.75, 3.05) is 12.4 Å². The van der Waals surface area contributed by atoms with E-state index in [0.717, 1.165) is 6.42 Å². The van der Waals surface area contributed by atoms with Gasteiger partial charge >= 0.3 is 5.97 Å². The second-order valence-corrected chi connectivity index (χ2v) is 7.48. The van der Waals surface area contributed by atoms with Crippen molar-refractivity contribution in [3.63, 3.8) is 0 Å². The molecule has 0 bridgehead atoms. The van der Waals surface area contributed by atoms with Gasteiger partial charge in [-0.3, -0.25) is 0 Å². The van der Waals surface area contributed by atoms with Gasteiger partial charge in [0, 0.05) is 11.8 Å². The third-order valence-electron chi connectivity index (χ3n) is 4.56. The van der Waals surface area contributed by atoms with Gasteiger partial charge in [0.2, 0.25) is 0 Å². The molecule has 0 aliphatic heterocycles. The quantitative estimate of drug-likeness (QED) is 0.112. The van der Waals surface area contributed by atoms with E-state index >= 15 is 0 Å².